The van der Waals surface area contributed by atoms with E-state index >= 15 is 0 Å². The molecule has 1 aromatic heterocycles. The van der Waals surface area contributed by atoms with Gasteiger partial charge in [0.15, 0.2) is 4.80 Å². The standard InChI is InChI=1S/C31H26BrN3O7S/c1-4-41-30(37)27-18(2)33-31-34(28(27)21-10-13-25(40-3)24(32)16-21)29(36)26(43-31)15-20-6-5-7-23(14-20)42-17-19-8-11-22(12-9-19)35(38)39/h5-16,28H,4,17H2,1-3H3/b26-15+/t28-/m1/s1. The number of thiazole rings is 1. The van der Waals surface area contributed by atoms with Crippen LogP contribution in [0.25, 0.3) is 6.08 Å². The smallest absolute Gasteiger partial charge is 0.338 e. The zero-order valence-electron chi connectivity index (χ0n) is 23.4. The van der Waals surface area contributed by atoms with Gasteiger partial charge in [-0.25, -0.2) is 9.79 Å². The number of carbonyl (C=O) groups excluding carboxylic acids is 1. The van der Waals surface area contributed by atoms with Gasteiger partial charge in [-0.2, -0.15) is 0 Å². The highest BCUT2D eigenvalue weighted by Crippen LogP contribution is 2.35. The number of hydrogen-bond acceptors (Lipinski definition) is 9. The van der Waals surface area contributed by atoms with Gasteiger partial charge in [-0.3, -0.25) is 19.5 Å². The fourth-order valence-electron chi connectivity index (χ4n) is 4.69. The number of rotatable bonds is 9. The second-order valence-electron chi connectivity index (χ2n) is 9.48. The minimum atomic E-state index is -0.754. The SMILES string of the molecule is CCOC(=O)C1=C(C)N=c2s/c(=C/c3cccc(OCc4ccc([N+](=O)[O-])cc4)c3)c(=O)n2[C@@H]1c1ccc(OC)c(Br)c1. The molecule has 43 heavy (non-hydrogen) atoms. The van der Waals surface area contributed by atoms with Crippen molar-refractivity contribution in [2.45, 2.75) is 26.5 Å². The first-order chi connectivity index (χ1) is 20.7. The molecule has 12 heteroatoms. The van der Waals surface area contributed by atoms with Crippen LogP contribution in [0.4, 0.5) is 5.69 Å². The van der Waals surface area contributed by atoms with E-state index in [0.717, 1.165) is 11.1 Å². The number of allylic oxidation sites excluding steroid dienone is 1. The lowest BCUT2D eigenvalue weighted by molar-refractivity contribution is -0.384. The fraction of sp³-hybridized carbons (Fsp3) is 0.194. The van der Waals surface area contributed by atoms with E-state index in [9.17, 15) is 19.7 Å². The zero-order valence-corrected chi connectivity index (χ0v) is 25.8. The molecule has 0 amide bonds. The van der Waals surface area contributed by atoms with Crippen LogP contribution in [-0.4, -0.2) is 29.2 Å². The normalized spacial score (nSPS) is 14.6. The molecule has 2 heterocycles. The Hall–Kier alpha value is -4.55. The molecule has 0 unspecified atom stereocenters. The first-order valence-corrected chi connectivity index (χ1v) is 14.8. The second-order valence-corrected chi connectivity index (χ2v) is 11.3. The van der Waals surface area contributed by atoms with E-state index in [2.05, 4.69) is 20.9 Å². The van der Waals surface area contributed by atoms with Crippen LogP contribution in [0.15, 0.2) is 92.3 Å². The van der Waals surface area contributed by atoms with Crippen LogP contribution in [0.5, 0.6) is 11.5 Å². The maximum absolute atomic E-state index is 13.9. The highest BCUT2D eigenvalue weighted by Gasteiger charge is 2.33. The first kappa shape index (κ1) is 29.9. The van der Waals surface area contributed by atoms with Crippen LogP contribution in [0, 0.1) is 10.1 Å². The van der Waals surface area contributed by atoms with Gasteiger partial charge in [0.2, 0.25) is 0 Å². The molecular weight excluding hydrogens is 638 g/mol. The van der Waals surface area contributed by atoms with Crippen molar-refractivity contribution in [2.75, 3.05) is 13.7 Å². The van der Waals surface area contributed by atoms with Crippen LogP contribution >= 0.6 is 27.3 Å². The third-order valence-corrected chi connectivity index (χ3v) is 8.32. The van der Waals surface area contributed by atoms with Crippen LogP contribution in [0.3, 0.4) is 0 Å². The minimum absolute atomic E-state index is 0.0126. The molecule has 0 spiro atoms. The Balaban J connectivity index is 1.51. The lowest BCUT2D eigenvalue weighted by Crippen LogP contribution is -2.39. The fourth-order valence-corrected chi connectivity index (χ4v) is 6.29. The minimum Gasteiger partial charge on any atom is -0.496 e. The Morgan fingerprint density at radius 1 is 1.16 bits per heavy atom. The molecule has 0 bridgehead atoms. The number of methoxy groups -OCH3 is 1. The summed E-state index contributed by atoms with van der Waals surface area (Å²) in [4.78, 5) is 42.6. The van der Waals surface area contributed by atoms with Crippen LogP contribution < -0.4 is 24.4 Å². The number of non-ortho nitro benzene ring substituents is 1. The number of hydrogen-bond donors (Lipinski definition) is 0. The number of esters is 1. The summed E-state index contributed by atoms with van der Waals surface area (Å²) in [5.41, 5.74) is 2.69. The summed E-state index contributed by atoms with van der Waals surface area (Å²) < 4.78 is 19.3. The molecular formula is C31H26BrN3O7S. The molecule has 1 atom stereocenters. The maximum atomic E-state index is 13.9. The maximum Gasteiger partial charge on any atom is 0.338 e. The van der Waals surface area contributed by atoms with Crippen molar-refractivity contribution in [3.8, 4) is 11.5 Å². The quantitative estimate of drug-likeness (QED) is 0.139. The van der Waals surface area contributed by atoms with Crippen molar-refractivity contribution in [1.29, 1.82) is 0 Å². The average molecular weight is 665 g/mol. The average Bonchev–Trinajstić information content (AvgIpc) is 3.29. The highest BCUT2D eigenvalue weighted by molar-refractivity contribution is 9.10. The van der Waals surface area contributed by atoms with E-state index in [1.54, 1.807) is 57.4 Å². The summed E-state index contributed by atoms with van der Waals surface area (Å²) in [6.07, 6.45) is 1.76. The van der Waals surface area contributed by atoms with Crippen molar-refractivity contribution in [1.82, 2.24) is 4.57 Å². The third-order valence-electron chi connectivity index (χ3n) is 6.72. The van der Waals surface area contributed by atoms with Gasteiger partial charge in [-0.1, -0.05) is 29.5 Å². The van der Waals surface area contributed by atoms with E-state index < -0.39 is 16.9 Å². The second kappa shape index (κ2) is 12.8. The third kappa shape index (κ3) is 6.30. The van der Waals surface area contributed by atoms with E-state index in [0.29, 0.717) is 42.1 Å². The summed E-state index contributed by atoms with van der Waals surface area (Å²) in [5.74, 6) is 0.652. The number of fused-ring (bicyclic) bond motifs is 1. The molecule has 5 rings (SSSR count). The molecule has 1 aliphatic heterocycles. The van der Waals surface area contributed by atoms with Gasteiger partial charge in [0.05, 0.1) is 45.0 Å². The molecule has 220 valence electrons. The van der Waals surface area contributed by atoms with Crippen molar-refractivity contribution in [3.05, 3.63) is 129 Å². The molecule has 0 aliphatic carbocycles. The molecule has 0 saturated heterocycles. The Bertz CT molecular complexity index is 1930. The Morgan fingerprint density at radius 3 is 2.60 bits per heavy atom. The Labute approximate surface area is 258 Å². The summed E-state index contributed by atoms with van der Waals surface area (Å²) in [5, 5.41) is 10.9. The predicted octanol–water partition coefficient (Wildman–Crippen LogP) is 5.06. The van der Waals surface area contributed by atoms with E-state index in [4.69, 9.17) is 14.2 Å². The van der Waals surface area contributed by atoms with Gasteiger partial charge < -0.3 is 14.2 Å². The monoisotopic (exact) mass is 663 g/mol. The van der Waals surface area contributed by atoms with Gasteiger partial charge in [-0.05, 0) is 88.9 Å². The molecule has 0 radical (unpaired) electrons. The van der Waals surface area contributed by atoms with E-state index in [1.165, 1.54) is 28.0 Å². The highest BCUT2D eigenvalue weighted by atomic mass is 79.9. The molecule has 3 aromatic carbocycles. The number of nitrogens with zero attached hydrogens (tertiary/aromatic N) is 3. The van der Waals surface area contributed by atoms with Crippen LogP contribution in [0.1, 0.15) is 36.6 Å². The summed E-state index contributed by atoms with van der Waals surface area (Å²) in [6.45, 7) is 3.87. The van der Waals surface area contributed by atoms with Gasteiger partial charge in [-0.15, -0.1) is 0 Å². The number of carbonyl (C=O) groups is 1. The van der Waals surface area contributed by atoms with Crippen molar-refractivity contribution in [2.24, 2.45) is 4.99 Å². The summed E-state index contributed by atoms with van der Waals surface area (Å²) in [6, 6.07) is 18.1. The summed E-state index contributed by atoms with van der Waals surface area (Å²) in [7, 11) is 1.56. The Morgan fingerprint density at radius 2 is 1.93 bits per heavy atom. The van der Waals surface area contributed by atoms with Crippen molar-refractivity contribution >= 4 is 45.0 Å². The number of nitro groups is 1. The number of ether oxygens (including phenoxy) is 3. The van der Waals surface area contributed by atoms with Crippen LogP contribution in [-0.2, 0) is 16.1 Å². The number of aromatic nitrogens is 1. The van der Waals surface area contributed by atoms with Crippen molar-refractivity contribution < 1.29 is 23.9 Å². The molecule has 0 N–H and O–H groups in total. The molecule has 10 nitrogen and oxygen atoms in total. The molecule has 0 fully saturated rings. The topological polar surface area (TPSA) is 122 Å². The van der Waals surface area contributed by atoms with Gasteiger partial charge in [0.25, 0.3) is 11.2 Å². The van der Waals surface area contributed by atoms with Crippen molar-refractivity contribution in [3.63, 3.8) is 0 Å². The number of halogens is 1. The van der Waals surface area contributed by atoms with E-state index in [-0.39, 0.29) is 24.5 Å². The zero-order chi connectivity index (χ0) is 30.7. The van der Waals surface area contributed by atoms with Gasteiger partial charge in [0, 0.05) is 12.1 Å². The molecule has 1 aliphatic rings. The predicted molar refractivity (Wildman–Crippen MR) is 165 cm³/mol. The molecule has 0 saturated carbocycles. The lowest BCUT2D eigenvalue weighted by Gasteiger charge is -2.25. The first-order valence-electron chi connectivity index (χ1n) is 13.2. The number of nitro benzene ring substituents is 1. The number of benzene rings is 3. The van der Waals surface area contributed by atoms with Gasteiger partial charge in [0.1, 0.15) is 18.1 Å². The van der Waals surface area contributed by atoms with Gasteiger partial charge >= 0.3 is 5.97 Å². The summed E-state index contributed by atoms with van der Waals surface area (Å²) >= 11 is 4.74. The molecule has 4 aromatic rings. The largest absolute Gasteiger partial charge is 0.496 e. The Kier molecular flexibility index (Phi) is 8.88. The lowest BCUT2D eigenvalue weighted by atomic mass is 9.96. The van der Waals surface area contributed by atoms with E-state index in [1.807, 2.05) is 24.3 Å². The van der Waals surface area contributed by atoms with Crippen LogP contribution in [0.2, 0.25) is 0 Å².